The number of anilines is 3. The van der Waals surface area contributed by atoms with Crippen LogP contribution < -0.4 is 4.90 Å². The maximum absolute atomic E-state index is 2.48. The molecule has 0 saturated carbocycles. The predicted octanol–water partition coefficient (Wildman–Crippen LogP) is 15.9. The first-order chi connectivity index (χ1) is 28.3. The van der Waals surface area contributed by atoms with Crippen LogP contribution in [0.5, 0.6) is 0 Å². The minimum Gasteiger partial charge on any atom is -0.309 e. The first kappa shape index (κ1) is 32.9. The van der Waals surface area contributed by atoms with Crippen molar-refractivity contribution in [3.05, 3.63) is 224 Å². The van der Waals surface area contributed by atoms with Crippen molar-refractivity contribution in [2.45, 2.75) is 0 Å². The Hall–Kier alpha value is -7.48. The lowest BCUT2D eigenvalue weighted by atomic mass is 9.89. The zero-order valence-corrected chi connectivity index (χ0v) is 31.3. The van der Waals surface area contributed by atoms with Gasteiger partial charge in [0.2, 0.25) is 0 Å². The van der Waals surface area contributed by atoms with Crippen LogP contribution in [0, 0.1) is 0 Å². The van der Waals surface area contributed by atoms with E-state index in [0.29, 0.717) is 0 Å². The molecule has 0 fully saturated rings. The Morgan fingerprint density at radius 3 is 1.47 bits per heavy atom. The molecule has 0 N–H and O–H groups in total. The number of benzene rings is 11. The van der Waals surface area contributed by atoms with E-state index in [2.05, 4.69) is 229 Å². The zero-order chi connectivity index (χ0) is 37.7. The summed E-state index contributed by atoms with van der Waals surface area (Å²) in [6.07, 6.45) is 0. The van der Waals surface area contributed by atoms with Gasteiger partial charge in [0.15, 0.2) is 0 Å². The standard InChI is InChI=1S/C56H37N/c1-2-12-38(13-3-1)40-22-25-43(26-23-40)55-53-20-10-8-18-51(53)52-19-9-11-21-54(52)56(55)57(48-34-30-39-14-4-5-16-44(39)37-48)47-32-28-41(29-33-47)45-31-35-50-46(36-45)27-24-42-15-6-7-17-49(42)50/h1-37H. The van der Waals surface area contributed by atoms with Crippen LogP contribution in [-0.4, -0.2) is 0 Å². The molecule has 266 valence electrons. The summed E-state index contributed by atoms with van der Waals surface area (Å²) in [6, 6.07) is 82.2. The van der Waals surface area contributed by atoms with E-state index in [1.165, 1.54) is 87.2 Å². The van der Waals surface area contributed by atoms with Crippen molar-refractivity contribution >= 4 is 70.9 Å². The van der Waals surface area contributed by atoms with E-state index in [-0.39, 0.29) is 0 Å². The highest BCUT2D eigenvalue weighted by Crippen LogP contribution is 2.50. The number of hydrogen-bond acceptors (Lipinski definition) is 1. The molecular weight excluding hydrogens is 687 g/mol. The van der Waals surface area contributed by atoms with E-state index in [0.717, 1.165) is 17.1 Å². The largest absolute Gasteiger partial charge is 0.309 e. The van der Waals surface area contributed by atoms with Crippen LogP contribution in [0.3, 0.4) is 0 Å². The molecule has 11 aromatic rings. The fraction of sp³-hybridized carbons (Fsp3) is 0. The van der Waals surface area contributed by atoms with Gasteiger partial charge in [0.05, 0.1) is 5.69 Å². The van der Waals surface area contributed by atoms with E-state index in [9.17, 15) is 0 Å². The van der Waals surface area contributed by atoms with Crippen LogP contribution in [0.15, 0.2) is 224 Å². The first-order valence-corrected chi connectivity index (χ1v) is 19.7. The summed E-state index contributed by atoms with van der Waals surface area (Å²) in [5.41, 5.74) is 10.6. The smallest absolute Gasteiger partial charge is 0.0624 e. The summed E-state index contributed by atoms with van der Waals surface area (Å²) in [7, 11) is 0. The van der Waals surface area contributed by atoms with Crippen LogP contribution in [0.4, 0.5) is 17.1 Å². The second-order valence-electron chi connectivity index (χ2n) is 14.9. The number of fused-ring (bicyclic) bond motifs is 7. The van der Waals surface area contributed by atoms with Gasteiger partial charge in [-0.3, -0.25) is 0 Å². The Morgan fingerprint density at radius 2 is 0.702 bits per heavy atom. The highest BCUT2D eigenvalue weighted by Gasteiger charge is 2.24. The molecule has 0 radical (unpaired) electrons. The number of nitrogens with zero attached hydrogens (tertiary/aromatic N) is 1. The third kappa shape index (κ3) is 5.72. The Morgan fingerprint density at radius 1 is 0.228 bits per heavy atom. The molecular formula is C56H37N. The monoisotopic (exact) mass is 723 g/mol. The van der Waals surface area contributed by atoms with Gasteiger partial charge >= 0.3 is 0 Å². The van der Waals surface area contributed by atoms with Crippen LogP contribution >= 0.6 is 0 Å². The van der Waals surface area contributed by atoms with Gasteiger partial charge in [0, 0.05) is 22.3 Å². The molecule has 0 unspecified atom stereocenters. The molecule has 0 aliphatic carbocycles. The van der Waals surface area contributed by atoms with Gasteiger partial charge in [0.1, 0.15) is 0 Å². The second kappa shape index (κ2) is 13.7. The lowest BCUT2D eigenvalue weighted by Crippen LogP contribution is -2.12. The quantitative estimate of drug-likeness (QED) is 0.154. The van der Waals surface area contributed by atoms with Crippen LogP contribution in [0.25, 0.3) is 87.2 Å². The van der Waals surface area contributed by atoms with Crippen molar-refractivity contribution < 1.29 is 0 Å². The van der Waals surface area contributed by atoms with E-state index in [1.54, 1.807) is 0 Å². The van der Waals surface area contributed by atoms with E-state index < -0.39 is 0 Å². The molecule has 0 atom stereocenters. The molecule has 0 aliphatic heterocycles. The van der Waals surface area contributed by atoms with Crippen molar-refractivity contribution in [1.82, 2.24) is 0 Å². The molecule has 0 amide bonds. The fourth-order valence-electron chi connectivity index (χ4n) is 8.83. The van der Waals surface area contributed by atoms with E-state index in [4.69, 9.17) is 0 Å². The summed E-state index contributed by atoms with van der Waals surface area (Å²) < 4.78 is 0. The van der Waals surface area contributed by atoms with Crippen molar-refractivity contribution in [1.29, 1.82) is 0 Å². The van der Waals surface area contributed by atoms with Crippen LogP contribution in [0.1, 0.15) is 0 Å². The van der Waals surface area contributed by atoms with Crippen LogP contribution in [-0.2, 0) is 0 Å². The Labute approximate surface area is 332 Å². The number of rotatable bonds is 6. The van der Waals surface area contributed by atoms with Crippen molar-refractivity contribution in [2.24, 2.45) is 0 Å². The summed E-state index contributed by atoms with van der Waals surface area (Å²) >= 11 is 0. The second-order valence-corrected chi connectivity index (χ2v) is 14.9. The molecule has 0 bridgehead atoms. The van der Waals surface area contributed by atoms with Gasteiger partial charge in [-0.25, -0.2) is 0 Å². The lowest BCUT2D eigenvalue weighted by molar-refractivity contribution is 1.31. The molecule has 1 heteroatoms. The Bertz CT molecular complexity index is 3270. The topological polar surface area (TPSA) is 3.24 Å². The van der Waals surface area contributed by atoms with Crippen molar-refractivity contribution in [3.8, 4) is 33.4 Å². The molecule has 57 heavy (non-hydrogen) atoms. The Kier molecular flexibility index (Phi) is 7.89. The third-order valence-electron chi connectivity index (χ3n) is 11.6. The van der Waals surface area contributed by atoms with Crippen LogP contribution in [0.2, 0.25) is 0 Å². The van der Waals surface area contributed by atoms with E-state index in [1.807, 2.05) is 0 Å². The minimum atomic E-state index is 1.10. The maximum Gasteiger partial charge on any atom is 0.0624 e. The van der Waals surface area contributed by atoms with Crippen molar-refractivity contribution in [3.63, 3.8) is 0 Å². The highest BCUT2D eigenvalue weighted by atomic mass is 15.1. The van der Waals surface area contributed by atoms with Gasteiger partial charge in [-0.1, -0.05) is 194 Å². The summed E-state index contributed by atoms with van der Waals surface area (Å²) in [6.45, 7) is 0. The predicted molar refractivity (Wildman–Crippen MR) is 245 cm³/mol. The zero-order valence-electron chi connectivity index (χ0n) is 31.3. The molecule has 0 aromatic heterocycles. The van der Waals surface area contributed by atoms with Crippen molar-refractivity contribution in [2.75, 3.05) is 4.90 Å². The molecule has 0 spiro atoms. The molecule has 1 nitrogen and oxygen atoms in total. The number of hydrogen-bond donors (Lipinski definition) is 0. The summed E-state index contributed by atoms with van der Waals surface area (Å²) in [5.74, 6) is 0. The fourth-order valence-corrected chi connectivity index (χ4v) is 8.83. The lowest BCUT2D eigenvalue weighted by Gasteiger charge is -2.31. The average Bonchev–Trinajstić information content (AvgIpc) is 3.29. The normalized spacial score (nSPS) is 11.5. The summed E-state index contributed by atoms with van der Waals surface area (Å²) in [4.78, 5) is 2.48. The van der Waals surface area contributed by atoms with Gasteiger partial charge in [0.25, 0.3) is 0 Å². The molecule has 11 aromatic carbocycles. The maximum atomic E-state index is 2.48. The highest BCUT2D eigenvalue weighted by molar-refractivity contribution is 6.22. The molecule has 0 saturated heterocycles. The van der Waals surface area contributed by atoms with Gasteiger partial charge < -0.3 is 4.90 Å². The minimum absolute atomic E-state index is 1.10. The SMILES string of the molecule is c1ccc(-c2ccc(-c3c(N(c4ccc(-c5ccc6c(ccc7ccccc76)c5)cc4)c4ccc5ccccc5c4)c4ccccc4c4ccccc34)cc2)cc1. The molecule has 11 rings (SSSR count). The molecule has 0 heterocycles. The summed E-state index contributed by atoms with van der Waals surface area (Å²) in [5, 5.41) is 12.4. The van der Waals surface area contributed by atoms with Gasteiger partial charge in [-0.05, 0) is 107 Å². The van der Waals surface area contributed by atoms with E-state index >= 15 is 0 Å². The molecule has 0 aliphatic rings. The first-order valence-electron chi connectivity index (χ1n) is 19.7. The average molecular weight is 724 g/mol. The third-order valence-corrected chi connectivity index (χ3v) is 11.6. The van der Waals surface area contributed by atoms with Gasteiger partial charge in [-0.2, -0.15) is 0 Å². The Balaban J connectivity index is 1.14. The van der Waals surface area contributed by atoms with Gasteiger partial charge in [-0.15, -0.1) is 0 Å².